The topological polar surface area (TPSA) is 57.6 Å². The van der Waals surface area contributed by atoms with E-state index in [1.807, 2.05) is 0 Å². The van der Waals surface area contributed by atoms with E-state index in [2.05, 4.69) is 6.92 Å². The maximum atomic E-state index is 11.9. The van der Waals surface area contributed by atoms with Crippen molar-refractivity contribution in [3.8, 4) is 0 Å². The third-order valence-electron chi connectivity index (χ3n) is 4.34. The normalized spacial score (nSPS) is 34.8. The zero-order chi connectivity index (χ0) is 12.5. The van der Waals surface area contributed by atoms with Crippen LogP contribution in [-0.2, 0) is 9.59 Å². The second kappa shape index (κ2) is 4.67. The Morgan fingerprint density at radius 1 is 1.35 bits per heavy atom. The van der Waals surface area contributed by atoms with Crippen LogP contribution in [0.5, 0.6) is 0 Å². The van der Waals surface area contributed by atoms with Gasteiger partial charge in [0, 0.05) is 13.0 Å². The lowest BCUT2D eigenvalue weighted by Crippen LogP contribution is -2.59. The molecule has 0 radical (unpaired) electrons. The number of carbonyl (C=O) groups is 2. The molecule has 1 heterocycles. The number of carboxylic acids is 1. The third-order valence-corrected chi connectivity index (χ3v) is 4.34. The Bertz CT molecular complexity index is 319. The van der Waals surface area contributed by atoms with Crippen LogP contribution in [0.4, 0.5) is 0 Å². The minimum Gasteiger partial charge on any atom is -0.479 e. The van der Waals surface area contributed by atoms with Gasteiger partial charge in [0.05, 0.1) is 0 Å². The van der Waals surface area contributed by atoms with Crippen LogP contribution in [0.3, 0.4) is 0 Å². The Labute approximate surface area is 102 Å². The lowest BCUT2D eigenvalue weighted by Gasteiger charge is -2.46. The molecule has 0 aromatic rings. The highest BCUT2D eigenvalue weighted by molar-refractivity contribution is 5.87. The van der Waals surface area contributed by atoms with Crippen LogP contribution in [0.15, 0.2) is 0 Å². The van der Waals surface area contributed by atoms with Crippen LogP contribution in [0, 0.1) is 5.92 Å². The van der Waals surface area contributed by atoms with Gasteiger partial charge in [-0.2, -0.15) is 0 Å². The van der Waals surface area contributed by atoms with Gasteiger partial charge in [0.1, 0.15) is 5.54 Å². The Kier molecular flexibility index (Phi) is 3.40. The number of carbonyl (C=O) groups excluding carboxylic acids is 1. The number of likely N-dealkylation sites (tertiary alicyclic amines) is 1. The summed E-state index contributed by atoms with van der Waals surface area (Å²) in [6.45, 7) is 2.78. The summed E-state index contributed by atoms with van der Waals surface area (Å²) in [5.41, 5.74) is -0.899. The highest BCUT2D eigenvalue weighted by atomic mass is 16.4. The van der Waals surface area contributed by atoms with E-state index in [9.17, 15) is 14.7 Å². The molecule has 17 heavy (non-hydrogen) atoms. The molecule has 2 aliphatic rings. The van der Waals surface area contributed by atoms with Gasteiger partial charge in [0.15, 0.2) is 0 Å². The summed E-state index contributed by atoms with van der Waals surface area (Å²) >= 11 is 0. The minimum atomic E-state index is -0.899. The lowest BCUT2D eigenvalue weighted by molar-refractivity contribution is -0.164. The van der Waals surface area contributed by atoms with E-state index < -0.39 is 11.5 Å². The first kappa shape index (κ1) is 12.4. The summed E-state index contributed by atoms with van der Waals surface area (Å²) in [6.07, 6.45) is 5.43. The number of carboxylic acid groups (broad SMARTS) is 1. The lowest BCUT2D eigenvalue weighted by atomic mass is 9.75. The van der Waals surface area contributed by atoms with Crippen LogP contribution in [0.2, 0.25) is 0 Å². The van der Waals surface area contributed by atoms with Gasteiger partial charge in [-0.05, 0) is 44.4 Å². The van der Waals surface area contributed by atoms with Gasteiger partial charge in [-0.25, -0.2) is 4.79 Å². The average molecular weight is 239 g/mol. The first-order chi connectivity index (χ1) is 8.06. The van der Waals surface area contributed by atoms with E-state index in [0.717, 1.165) is 25.7 Å². The summed E-state index contributed by atoms with van der Waals surface area (Å²) in [5, 5.41) is 9.55. The van der Waals surface area contributed by atoms with E-state index in [0.29, 0.717) is 31.7 Å². The Morgan fingerprint density at radius 2 is 2.00 bits per heavy atom. The largest absolute Gasteiger partial charge is 0.479 e. The molecule has 1 amide bonds. The summed E-state index contributed by atoms with van der Waals surface area (Å²) < 4.78 is 0. The van der Waals surface area contributed by atoms with Gasteiger partial charge in [-0.1, -0.05) is 6.92 Å². The molecule has 1 saturated carbocycles. The van der Waals surface area contributed by atoms with E-state index in [-0.39, 0.29) is 5.91 Å². The monoisotopic (exact) mass is 239 g/mol. The molecule has 2 fully saturated rings. The van der Waals surface area contributed by atoms with E-state index in [1.165, 1.54) is 0 Å². The summed E-state index contributed by atoms with van der Waals surface area (Å²) in [6, 6.07) is 0. The van der Waals surface area contributed by atoms with Crippen LogP contribution < -0.4 is 0 Å². The predicted molar refractivity (Wildman–Crippen MR) is 63.6 cm³/mol. The Hall–Kier alpha value is -1.06. The second-order valence-electron chi connectivity index (χ2n) is 5.52. The first-order valence-corrected chi connectivity index (χ1v) is 6.60. The van der Waals surface area contributed by atoms with E-state index in [4.69, 9.17) is 0 Å². The molecule has 1 saturated heterocycles. The number of piperidine rings is 1. The zero-order valence-electron chi connectivity index (χ0n) is 10.4. The maximum Gasteiger partial charge on any atom is 0.329 e. The van der Waals surface area contributed by atoms with Crippen molar-refractivity contribution in [2.24, 2.45) is 5.92 Å². The van der Waals surface area contributed by atoms with Crippen molar-refractivity contribution >= 4 is 11.9 Å². The summed E-state index contributed by atoms with van der Waals surface area (Å²) in [7, 11) is 0. The number of aliphatic carboxylic acids is 1. The SMILES string of the molecule is CC1CCC(C(=O)O)(N2CCCCC2=O)CC1. The van der Waals surface area contributed by atoms with Gasteiger partial charge in [0.25, 0.3) is 0 Å². The van der Waals surface area contributed by atoms with Crippen LogP contribution in [0.1, 0.15) is 51.9 Å². The van der Waals surface area contributed by atoms with Gasteiger partial charge in [-0.3, -0.25) is 4.79 Å². The molecule has 0 atom stereocenters. The van der Waals surface area contributed by atoms with Gasteiger partial charge in [-0.15, -0.1) is 0 Å². The highest BCUT2D eigenvalue weighted by Gasteiger charge is 2.48. The standard InChI is InChI=1S/C13H21NO3/c1-10-5-7-13(8-6-10,12(16)17)14-9-3-2-4-11(14)15/h10H,2-9H2,1H3,(H,16,17). The van der Waals surface area contributed by atoms with Crippen LogP contribution >= 0.6 is 0 Å². The zero-order valence-corrected chi connectivity index (χ0v) is 10.4. The maximum absolute atomic E-state index is 11.9. The van der Waals surface area contributed by atoms with E-state index in [1.54, 1.807) is 4.90 Å². The molecule has 0 aromatic heterocycles. The molecule has 0 unspecified atom stereocenters. The van der Waals surface area contributed by atoms with E-state index >= 15 is 0 Å². The first-order valence-electron chi connectivity index (χ1n) is 6.60. The molecule has 0 bridgehead atoms. The van der Waals surface area contributed by atoms with Gasteiger partial charge in [0.2, 0.25) is 5.91 Å². The minimum absolute atomic E-state index is 0.0354. The number of nitrogens with zero attached hydrogens (tertiary/aromatic N) is 1. The third kappa shape index (κ3) is 2.17. The summed E-state index contributed by atoms with van der Waals surface area (Å²) in [4.78, 5) is 25.2. The molecule has 1 aliphatic carbocycles. The van der Waals surface area contributed by atoms with Crippen molar-refractivity contribution in [1.82, 2.24) is 4.90 Å². The van der Waals surface area contributed by atoms with Crippen LogP contribution in [-0.4, -0.2) is 34.0 Å². The molecule has 4 heteroatoms. The fraction of sp³-hybridized carbons (Fsp3) is 0.846. The number of rotatable bonds is 2. The highest BCUT2D eigenvalue weighted by Crippen LogP contribution is 2.38. The molecule has 96 valence electrons. The van der Waals surface area contributed by atoms with Crippen molar-refractivity contribution in [2.45, 2.75) is 57.4 Å². The summed E-state index contributed by atoms with van der Waals surface area (Å²) in [5.74, 6) is -0.185. The number of amides is 1. The van der Waals surface area contributed by atoms with Gasteiger partial charge < -0.3 is 10.0 Å². The van der Waals surface area contributed by atoms with Crippen molar-refractivity contribution in [3.63, 3.8) is 0 Å². The van der Waals surface area contributed by atoms with Crippen molar-refractivity contribution < 1.29 is 14.7 Å². The average Bonchev–Trinajstić information content (AvgIpc) is 2.31. The smallest absolute Gasteiger partial charge is 0.329 e. The molecule has 0 spiro atoms. The number of hydrogen-bond acceptors (Lipinski definition) is 2. The fourth-order valence-corrected chi connectivity index (χ4v) is 3.10. The molecule has 1 N–H and O–H groups in total. The second-order valence-corrected chi connectivity index (χ2v) is 5.52. The van der Waals surface area contributed by atoms with Crippen LogP contribution in [0.25, 0.3) is 0 Å². The van der Waals surface area contributed by atoms with Gasteiger partial charge >= 0.3 is 5.97 Å². The molecular formula is C13H21NO3. The molecule has 2 rings (SSSR count). The predicted octanol–water partition coefficient (Wildman–Crippen LogP) is 2.03. The van der Waals surface area contributed by atoms with Crippen molar-refractivity contribution in [2.75, 3.05) is 6.54 Å². The van der Waals surface area contributed by atoms with Crippen molar-refractivity contribution in [3.05, 3.63) is 0 Å². The molecule has 0 aromatic carbocycles. The Morgan fingerprint density at radius 3 is 2.53 bits per heavy atom. The fourth-order valence-electron chi connectivity index (χ4n) is 3.10. The molecule has 1 aliphatic heterocycles. The molecular weight excluding hydrogens is 218 g/mol. The quantitative estimate of drug-likeness (QED) is 0.802. The number of hydrogen-bond donors (Lipinski definition) is 1. The van der Waals surface area contributed by atoms with Crippen molar-refractivity contribution in [1.29, 1.82) is 0 Å². The molecule has 4 nitrogen and oxygen atoms in total. The Balaban J connectivity index is 2.21.